The predicted molar refractivity (Wildman–Crippen MR) is 82.8 cm³/mol. The number of carbonyl (C=O) groups excluding carboxylic acids is 2. The summed E-state index contributed by atoms with van der Waals surface area (Å²) in [7, 11) is 0. The molecule has 4 nitrogen and oxygen atoms in total. The fraction of sp³-hybridized carbons (Fsp3) is 0.0714. The van der Waals surface area contributed by atoms with E-state index in [-0.39, 0.29) is 0 Å². The highest BCUT2D eigenvalue weighted by Crippen LogP contribution is 2.23. The maximum atomic E-state index is 12.1. The van der Waals surface area contributed by atoms with E-state index in [2.05, 4.69) is 5.32 Å². The Morgan fingerprint density at radius 2 is 1.90 bits per heavy atom. The molecule has 0 aliphatic heterocycles. The molecule has 106 valence electrons. The van der Waals surface area contributed by atoms with E-state index in [1.54, 1.807) is 22.9 Å². The highest BCUT2D eigenvalue weighted by atomic mass is 35.5. The van der Waals surface area contributed by atoms with Crippen molar-refractivity contribution in [1.82, 2.24) is 0 Å². The molecule has 0 saturated heterocycles. The van der Waals surface area contributed by atoms with Crippen LogP contribution in [0.25, 0.3) is 0 Å². The Labute approximate surface area is 134 Å². The number of ketones is 1. The van der Waals surface area contributed by atoms with Crippen molar-refractivity contribution < 1.29 is 9.59 Å². The zero-order chi connectivity index (χ0) is 15.4. The third-order valence-electron chi connectivity index (χ3n) is 2.59. The Balaban J connectivity index is 2.18. The van der Waals surface area contributed by atoms with Crippen molar-refractivity contribution in [1.29, 1.82) is 5.26 Å². The number of thiophene rings is 1. The van der Waals surface area contributed by atoms with E-state index in [1.807, 2.05) is 0 Å². The first-order chi connectivity index (χ1) is 10.0. The summed E-state index contributed by atoms with van der Waals surface area (Å²) in [5.41, 5.74) is 0.668. The van der Waals surface area contributed by atoms with E-state index in [9.17, 15) is 9.59 Å². The van der Waals surface area contributed by atoms with Crippen molar-refractivity contribution in [3.05, 3.63) is 50.6 Å². The lowest BCUT2D eigenvalue weighted by Gasteiger charge is -2.09. The number of benzene rings is 1. The van der Waals surface area contributed by atoms with E-state index in [0.29, 0.717) is 21.3 Å². The number of hydrogen-bond donors (Lipinski definition) is 1. The molecule has 1 amide bonds. The highest BCUT2D eigenvalue weighted by molar-refractivity contribution is 7.08. The molecule has 0 spiro atoms. The van der Waals surface area contributed by atoms with Gasteiger partial charge in [0.25, 0.3) is 0 Å². The molecule has 1 N–H and O–H groups in total. The average molecular weight is 339 g/mol. The molecule has 21 heavy (non-hydrogen) atoms. The third kappa shape index (κ3) is 3.82. The molecule has 0 bridgehead atoms. The molecule has 0 saturated carbocycles. The minimum atomic E-state index is -1.42. The van der Waals surface area contributed by atoms with Crippen LogP contribution in [-0.2, 0) is 4.79 Å². The van der Waals surface area contributed by atoms with Crippen molar-refractivity contribution >= 4 is 51.9 Å². The number of nitriles is 1. The van der Waals surface area contributed by atoms with E-state index >= 15 is 0 Å². The second-order valence-corrected chi connectivity index (χ2v) is 5.74. The first kappa shape index (κ1) is 15.5. The van der Waals surface area contributed by atoms with Crippen LogP contribution in [0.15, 0.2) is 35.0 Å². The van der Waals surface area contributed by atoms with Gasteiger partial charge in [-0.1, -0.05) is 23.2 Å². The van der Waals surface area contributed by atoms with E-state index < -0.39 is 17.6 Å². The lowest BCUT2D eigenvalue weighted by molar-refractivity contribution is -0.117. The zero-order valence-electron chi connectivity index (χ0n) is 10.5. The van der Waals surface area contributed by atoms with Gasteiger partial charge in [-0.05, 0) is 29.6 Å². The number of rotatable bonds is 4. The van der Waals surface area contributed by atoms with Crippen molar-refractivity contribution in [2.24, 2.45) is 5.92 Å². The van der Waals surface area contributed by atoms with E-state index in [1.165, 1.54) is 29.5 Å². The molecule has 1 aromatic heterocycles. The first-order valence-corrected chi connectivity index (χ1v) is 7.44. The first-order valence-electron chi connectivity index (χ1n) is 5.74. The second-order valence-electron chi connectivity index (χ2n) is 4.09. The van der Waals surface area contributed by atoms with Gasteiger partial charge in [0.05, 0.1) is 6.07 Å². The molecular weight excluding hydrogens is 331 g/mol. The van der Waals surface area contributed by atoms with Gasteiger partial charge in [0, 0.05) is 26.7 Å². The fourth-order valence-electron chi connectivity index (χ4n) is 1.65. The van der Waals surface area contributed by atoms with Crippen LogP contribution in [-0.4, -0.2) is 11.7 Å². The molecule has 7 heteroatoms. The zero-order valence-corrected chi connectivity index (χ0v) is 12.8. The Morgan fingerprint density at radius 3 is 2.43 bits per heavy atom. The second kappa shape index (κ2) is 6.72. The molecule has 2 rings (SSSR count). The van der Waals surface area contributed by atoms with Gasteiger partial charge in [0.15, 0.2) is 11.7 Å². The van der Waals surface area contributed by atoms with E-state index in [0.717, 1.165) is 0 Å². The van der Waals surface area contributed by atoms with E-state index in [4.69, 9.17) is 28.5 Å². The Morgan fingerprint density at radius 1 is 1.24 bits per heavy atom. The van der Waals surface area contributed by atoms with Gasteiger partial charge in [-0.15, -0.1) is 0 Å². The van der Waals surface area contributed by atoms with Crippen molar-refractivity contribution in [3.63, 3.8) is 0 Å². The lowest BCUT2D eigenvalue weighted by Crippen LogP contribution is -2.28. The lowest BCUT2D eigenvalue weighted by atomic mass is 10.0. The molecule has 2 aromatic rings. The van der Waals surface area contributed by atoms with Crippen molar-refractivity contribution in [3.8, 4) is 6.07 Å². The van der Waals surface area contributed by atoms with Crippen LogP contribution < -0.4 is 5.32 Å². The molecule has 0 aliphatic rings. The summed E-state index contributed by atoms with van der Waals surface area (Å²) in [6, 6.07) is 7.76. The van der Waals surface area contributed by atoms with Gasteiger partial charge >= 0.3 is 0 Å². The Bertz CT molecular complexity index is 703. The molecule has 1 unspecified atom stereocenters. The predicted octanol–water partition coefficient (Wildman–Crippen LogP) is 4.02. The van der Waals surface area contributed by atoms with Crippen LogP contribution in [0, 0.1) is 17.2 Å². The third-order valence-corrected chi connectivity index (χ3v) is 3.71. The number of halogens is 2. The van der Waals surface area contributed by atoms with Gasteiger partial charge in [-0.25, -0.2) is 0 Å². The van der Waals surface area contributed by atoms with Crippen LogP contribution in [0.2, 0.25) is 10.0 Å². The standard InChI is InChI=1S/C14H8Cl2N2O2S/c15-9-3-10(16)5-11(4-9)18-14(20)12(6-17)13(19)8-1-2-21-7-8/h1-5,7,12H,(H,18,20). The van der Waals surface area contributed by atoms with Gasteiger partial charge in [0.1, 0.15) is 0 Å². The topological polar surface area (TPSA) is 70.0 Å². The Hall–Kier alpha value is -1.87. The summed E-state index contributed by atoms with van der Waals surface area (Å²) in [4.78, 5) is 24.1. The maximum Gasteiger partial charge on any atom is 0.249 e. The number of amides is 1. The maximum absolute atomic E-state index is 12.1. The summed E-state index contributed by atoms with van der Waals surface area (Å²) in [5.74, 6) is -2.67. The minimum Gasteiger partial charge on any atom is -0.324 e. The summed E-state index contributed by atoms with van der Waals surface area (Å²) < 4.78 is 0. The molecule has 0 aliphatic carbocycles. The quantitative estimate of drug-likeness (QED) is 0.676. The molecular formula is C14H8Cl2N2O2S. The summed E-state index contributed by atoms with van der Waals surface area (Å²) in [5, 5.41) is 15.5. The normalized spacial score (nSPS) is 11.5. The number of carbonyl (C=O) groups is 2. The number of nitrogens with one attached hydrogen (secondary N) is 1. The number of Topliss-reactive ketones (excluding diaryl/α,β-unsaturated/α-hetero) is 1. The van der Waals surface area contributed by atoms with Crippen LogP contribution in [0.5, 0.6) is 0 Å². The highest BCUT2D eigenvalue weighted by Gasteiger charge is 2.27. The summed E-state index contributed by atoms with van der Waals surface area (Å²) in [6.07, 6.45) is 0. The van der Waals surface area contributed by atoms with Crippen molar-refractivity contribution in [2.45, 2.75) is 0 Å². The summed E-state index contributed by atoms with van der Waals surface area (Å²) >= 11 is 13.0. The van der Waals surface area contributed by atoms with Gasteiger partial charge in [0.2, 0.25) is 5.91 Å². The molecule has 1 aromatic carbocycles. The van der Waals surface area contributed by atoms with Gasteiger partial charge in [-0.2, -0.15) is 16.6 Å². The summed E-state index contributed by atoms with van der Waals surface area (Å²) in [6.45, 7) is 0. The van der Waals surface area contributed by atoms with Crippen LogP contribution >= 0.6 is 34.5 Å². The van der Waals surface area contributed by atoms with Crippen molar-refractivity contribution in [2.75, 3.05) is 5.32 Å². The largest absolute Gasteiger partial charge is 0.324 e. The van der Waals surface area contributed by atoms with Gasteiger partial charge in [-0.3, -0.25) is 9.59 Å². The Kier molecular flexibility index (Phi) is 4.97. The molecule has 1 heterocycles. The van der Waals surface area contributed by atoms with Gasteiger partial charge < -0.3 is 5.32 Å². The molecule has 1 atom stereocenters. The van der Waals surface area contributed by atoms with Crippen LogP contribution in [0.1, 0.15) is 10.4 Å². The smallest absolute Gasteiger partial charge is 0.249 e. The van der Waals surface area contributed by atoms with Crippen LogP contribution in [0.3, 0.4) is 0 Å². The van der Waals surface area contributed by atoms with Crippen LogP contribution in [0.4, 0.5) is 5.69 Å². The fourth-order valence-corrected chi connectivity index (χ4v) is 2.82. The average Bonchev–Trinajstić information content (AvgIpc) is 2.91. The molecule has 0 radical (unpaired) electrons. The monoisotopic (exact) mass is 338 g/mol. The molecule has 0 fully saturated rings. The number of nitrogens with zero attached hydrogens (tertiary/aromatic N) is 1. The SMILES string of the molecule is N#CC(C(=O)Nc1cc(Cl)cc(Cl)c1)C(=O)c1ccsc1. The minimum absolute atomic E-state index is 0.330. The number of hydrogen-bond acceptors (Lipinski definition) is 4. The number of anilines is 1.